The second kappa shape index (κ2) is 8.01. The van der Waals surface area contributed by atoms with Crippen LogP contribution >= 0.6 is 11.3 Å². The van der Waals surface area contributed by atoms with Crippen LogP contribution < -0.4 is 30.4 Å². The van der Waals surface area contributed by atoms with E-state index in [1.807, 2.05) is 24.3 Å². The molecule has 1 amide bonds. The van der Waals surface area contributed by atoms with Gasteiger partial charge in [0.15, 0.2) is 18.1 Å². The van der Waals surface area contributed by atoms with Crippen LogP contribution in [0.1, 0.15) is 17.0 Å². The van der Waals surface area contributed by atoms with Crippen molar-refractivity contribution in [3.05, 3.63) is 74.6 Å². The van der Waals surface area contributed by atoms with Gasteiger partial charge in [-0.2, -0.15) is 5.26 Å². The molecule has 156 valence electrons. The lowest BCUT2D eigenvalue weighted by molar-refractivity contribution is -0.119. The Kier molecular flexibility index (Phi) is 5.23. The van der Waals surface area contributed by atoms with Crippen molar-refractivity contribution in [2.24, 2.45) is 11.5 Å². The van der Waals surface area contributed by atoms with Crippen LogP contribution in [-0.2, 0) is 4.79 Å². The maximum atomic E-state index is 13.1. The molecule has 1 aromatic heterocycles. The Morgan fingerprint density at radius 3 is 2.74 bits per heavy atom. The fourth-order valence-electron chi connectivity index (χ4n) is 3.53. The Hall–Kier alpha value is -4.03. The number of nitrogens with two attached hydrogens (primary N) is 2. The minimum Gasteiger partial charge on any atom is -0.493 e. The molecule has 3 aromatic rings. The summed E-state index contributed by atoms with van der Waals surface area (Å²) < 4.78 is 17.0. The third kappa shape index (κ3) is 3.53. The quantitative estimate of drug-likeness (QED) is 0.627. The van der Waals surface area contributed by atoms with Crippen LogP contribution in [0.2, 0.25) is 0 Å². The van der Waals surface area contributed by atoms with Gasteiger partial charge in [0.1, 0.15) is 17.4 Å². The monoisotopic (exact) mass is 435 g/mol. The zero-order valence-corrected chi connectivity index (χ0v) is 17.2. The molecule has 4 rings (SSSR count). The Labute approximate surface area is 180 Å². The summed E-state index contributed by atoms with van der Waals surface area (Å²) in [4.78, 5) is 24.1. The van der Waals surface area contributed by atoms with Gasteiger partial charge in [-0.25, -0.2) is 0 Å². The first-order chi connectivity index (χ1) is 14.9. The van der Waals surface area contributed by atoms with E-state index in [2.05, 4.69) is 6.07 Å². The van der Waals surface area contributed by atoms with Gasteiger partial charge in [0, 0.05) is 10.1 Å². The Balaban J connectivity index is 1.92. The molecule has 0 spiro atoms. The van der Waals surface area contributed by atoms with E-state index in [1.54, 1.807) is 18.2 Å². The molecule has 0 saturated carbocycles. The van der Waals surface area contributed by atoms with Gasteiger partial charge in [-0.3, -0.25) is 9.59 Å². The van der Waals surface area contributed by atoms with Gasteiger partial charge in [-0.1, -0.05) is 29.5 Å². The van der Waals surface area contributed by atoms with E-state index in [9.17, 15) is 14.9 Å². The molecular formula is C22H17N3O5S. The van der Waals surface area contributed by atoms with Gasteiger partial charge in [-0.15, -0.1) is 0 Å². The lowest BCUT2D eigenvalue weighted by atomic mass is 9.84. The first-order valence-corrected chi connectivity index (χ1v) is 9.98. The van der Waals surface area contributed by atoms with Gasteiger partial charge < -0.3 is 25.7 Å². The van der Waals surface area contributed by atoms with E-state index >= 15 is 0 Å². The van der Waals surface area contributed by atoms with Crippen LogP contribution in [0.4, 0.5) is 0 Å². The molecule has 0 fully saturated rings. The Bertz CT molecular complexity index is 1340. The number of rotatable bonds is 5. The average molecular weight is 435 g/mol. The predicted octanol–water partition coefficient (Wildman–Crippen LogP) is 2.35. The zero-order chi connectivity index (χ0) is 22.1. The van der Waals surface area contributed by atoms with Crippen molar-refractivity contribution in [1.82, 2.24) is 0 Å². The number of nitrogens with zero attached hydrogens (tertiary/aromatic N) is 1. The number of amides is 1. The Morgan fingerprint density at radius 1 is 1.26 bits per heavy atom. The average Bonchev–Trinajstić information content (AvgIpc) is 2.76. The van der Waals surface area contributed by atoms with Gasteiger partial charge in [0.25, 0.3) is 5.91 Å². The van der Waals surface area contributed by atoms with E-state index in [1.165, 1.54) is 7.11 Å². The maximum absolute atomic E-state index is 13.1. The lowest BCUT2D eigenvalue weighted by Gasteiger charge is -2.26. The summed E-state index contributed by atoms with van der Waals surface area (Å²) in [6, 6.07) is 14.3. The highest BCUT2D eigenvalue weighted by molar-refractivity contribution is 7.16. The Morgan fingerprint density at radius 2 is 2.03 bits per heavy atom. The molecule has 4 N–H and O–H groups in total. The number of nitriles is 1. The number of hydrogen-bond acceptors (Lipinski definition) is 8. The second-order valence-electron chi connectivity index (χ2n) is 6.72. The zero-order valence-electron chi connectivity index (χ0n) is 16.4. The third-order valence-corrected chi connectivity index (χ3v) is 5.85. The van der Waals surface area contributed by atoms with Gasteiger partial charge in [0.2, 0.25) is 10.6 Å². The molecule has 0 radical (unpaired) electrons. The van der Waals surface area contributed by atoms with Crippen molar-refractivity contribution < 1.29 is 19.0 Å². The van der Waals surface area contributed by atoms with Crippen LogP contribution in [0.5, 0.6) is 17.2 Å². The summed E-state index contributed by atoms with van der Waals surface area (Å²) in [5.74, 6) is -0.476. The van der Waals surface area contributed by atoms with Crippen molar-refractivity contribution in [1.29, 1.82) is 5.26 Å². The van der Waals surface area contributed by atoms with Crippen LogP contribution in [0.15, 0.2) is 58.7 Å². The van der Waals surface area contributed by atoms with Crippen molar-refractivity contribution in [2.45, 2.75) is 5.92 Å². The molecule has 0 bridgehead atoms. The normalized spacial score (nSPS) is 15.0. The fourth-order valence-corrected chi connectivity index (χ4v) is 4.47. The lowest BCUT2D eigenvalue weighted by Crippen LogP contribution is -2.25. The minimum atomic E-state index is -0.749. The molecule has 0 saturated heterocycles. The predicted molar refractivity (Wildman–Crippen MR) is 115 cm³/mol. The number of hydrogen-bond donors (Lipinski definition) is 2. The minimum absolute atomic E-state index is 0.0613. The highest BCUT2D eigenvalue weighted by Crippen LogP contribution is 2.45. The fraction of sp³-hybridized carbons (Fsp3) is 0.136. The molecular weight excluding hydrogens is 418 g/mol. The molecule has 1 aliphatic heterocycles. The molecule has 1 atom stereocenters. The smallest absolute Gasteiger partial charge is 0.255 e. The summed E-state index contributed by atoms with van der Waals surface area (Å²) in [7, 11) is 1.44. The number of carbonyl (C=O) groups excluding carboxylic acids is 1. The summed E-state index contributed by atoms with van der Waals surface area (Å²) in [6.45, 7) is -0.315. The van der Waals surface area contributed by atoms with Crippen molar-refractivity contribution in [2.75, 3.05) is 13.7 Å². The van der Waals surface area contributed by atoms with Crippen molar-refractivity contribution >= 4 is 27.3 Å². The molecule has 2 aromatic carbocycles. The standard InChI is InChI=1S/C22H17N3O5S/c1-28-15-8-11(6-7-14(15)29-10-17(24)26)18-13(9-23)21(25)30-20-12-4-2-3-5-16(12)31-22(27)19(18)20/h2-8,18H,10,25H2,1H3,(H2,24,26). The molecule has 2 heterocycles. The summed E-state index contributed by atoms with van der Waals surface area (Å²) in [6.07, 6.45) is 0. The molecule has 31 heavy (non-hydrogen) atoms. The number of ether oxygens (including phenoxy) is 3. The van der Waals surface area contributed by atoms with Gasteiger partial charge >= 0.3 is 0 Å². The summed E-state index contributed by atoms with van der Waals surface area (Å²) in [5, 5.41) is 10.5. The van der Waals surface area contributed by atoms with Crippen molar-refractivity contribution in [3.8, 4) is 23.3 Å². The third-order valence-electron chi connectivity index (χ3n) is 4.87. The maximum Gasteiger partial charge on any atom is 0.255 e. The molecule has 1 unspecified atom stereocenters. The van der Waals surface area contributed by atoms with E-state index in [4.69, 9.17) is 25.7 Å². The largest absolute Gasteiger partial charge is 0.493 e. The number of primary amides is 1. The van der Waals surface area contributed by atoms with Crippen LogP contribution in [0.3, 0.4) is 0 Å². The van der Waals surface area contributed by atoms with Crippen LogP contribution in [-0.4, -0.2) is 19.6 Å². The topological polar surface area (TPSA) is 138 Å². The summed E-state index contributed by atoms with van der Waals surface area (Å²) in [5.41, 5.74) is 12.3. The number of carbonyl (C=O) groups is 1. The molecule has 1 aliphatic rings. The number of fused-ring (bicyclic) bond motifs is 3. The van der Waals surface area contributed by atoms with Crippen LogP contribution in [0, 0.1) is 11.3 Å². The number of methoxy groups -OCH3 is 1. The van der Waals surface area contributed by atoms with Gasteiger partial charge in [-0.05, 0) is 29.8 Å². The van der Waals surface area contributed by atoms with E-state index in [0.29, 0.717) is 28.4 Å². The highest BCUT2D eigenvalue weighted by Gasteiger charge is 2.35. The first-order valence-electron chi connectivity index (χ1n) is 9.17. The van der Waals surface area contributed by atoms with E-state index in [-0.39, 0.29) is 22.8 Å². The summed E-state index contributed by atoms with van der Waals surface area (Å²) >= 11 is 1.08. The molecule has 9 heteroatoms. The SMILES string of the molecule is COc1cc(C2C(C#N)=C(N)Oc3c2c(=O)sc2ccccc32)ccc1OCC(N)=O. The molecule has 8 nitrogen and oxygen atoms in total. The highest BCUT2D eigenvalue weighted by atomic mass is 32.1. The van der Waals surface area contributed by atoms with Crippen molar-refractivity contribution in [3.63, 3.8) is 0 Å². The number of allylic oxidation sites excluding steroid dienone is 1. The number of benzene rings is 2. The second-order valence-corrected chi connectivity index (χ2v) is 7.73. The first kappa shape index (κ1) is 20.3. The van der Waals surface area contributed by atoms with E-state index in [0.717, 1.165) is 21.4 Å². The molecule has 0 aliphatic carbocycles. The van der Waals surface area contributed by atoms with E-state index < -0.39 is 11.8 Å². The van der Waals surface area contributed by atoms with Crippen LogP contribution in [0.25, 0.3) is 10.1 Å². The van der Waals surface area contributed by atoms with Gasteiger partial charge in [0.05, 0.1) is 18.6 Å².